The Bertz CT molecular complexity index is 395. The number of hydrogen-bond acceptors (Lipinski definition) is 4. The predicted octanol–water partition coefficient (Wildman–Crippen LogP) is 2.77. The molecule has 0 aliphatic heterocycles. The highest BCUT2D eigenvalue weighted by Gasteiger charge is 2.19. The van der Waals surface area contributed by atoms with Crippen LogP contribution in [0.1, 0.15) is 35.3 Å². The van der Waals surface area contributed by atoms with Crippen LogP contribution in [-0.4, -0.2) is 11.6 Å². The second kappa shape index (κ2) is 4.45. The lowest BCUT2D eigenvalue weighted by molar-refractivity contribution is 0.00752. The van der Waals surface area contributed by atoms with Gasteiger partial charge in [0.05, 0.1) is 12.5 Å². The van der Waals surface area contributed by atoms with Gasteiger partial charge in [0.15, 0.2) is 0 Å². The minimum Gasteiger partial charge on any atom is -0.456 e. The van der Waals surface area contributed by atoms with E-state index >= 15 is 0 Å². The first kappa shape index (κ1) is 11.7. The third-order valence-corrected chi connectivity index (χ3v) is 2.58. The fraction of sp³-hybridized carbons (Fsp3) is 0.455. The molecule has 0 aliphatic rings. The van der Waals surface area contributed by atoms with Crippen LogP contribution in [0.25, 0.3) is 0 Å². The molecular weight excluding hydrogens is 210 g/mol. The average Bonchev–Trinajstić information content (AvgIpc) is 2.50. The van der Waals surface area contributed by atoms with Crippen molar-refractivity contribution in [3.63, 3.8) is 0 Å². The number of carbonyl (C=O) groups is 1. The molecule has 0 N–H and O–H groups in total. The molecule has 15 heavy (non-hydrogen) atoms. The summed E-state index contributed by atoms with van der Waals surface area (Å²) < 4.78 is 5.20. The van der Waals surface area contributed by atoms with E-state index in [4.69, 9.17) is 10.00 Å². The molecule has 4 heteroatoms. The quantitative estimate of drug-likeness (QED) is 0.724. The summed E-state index contributed by atoms with van der Waals surface area (Å²) in [6.45, 7) is 5.48. The molecule has 1 rings (SSSR count). The van der Waals surface area contributed by atoms with Crippen LogP contribution in [0, 0.1) is 11.3 Å². The highest BCUT2D eigenvalue weighted by atomic mass is 32.1. The van der Waals surface area contributed by atoms with Gasteiger partial charge in [-0.3, -0.25) is 0 Å². The van der Waals surface area contributed by atoms with E-state index in [1.165, 1.54) is 11.3 Å². The van der Waals surface area contributed by atoms with Gasteiger partial charge in [-0.1, -0.05) is 0 Å². The smallest absolute Gasteiger partial charge is 0.348 e. The Balaban J connectivity index is 2.71. The summed E-state index contributed by atoms with van der Waals surface area (Å²) in [4.78, 5) is 13.0. The fourth-order valence-electron chi connectivity index (χ4n) is 0.989. The van der Waals surface area contributed by atoms with Crippen LogP contribution in [0.3, 0.4) is 0 Å². The van der Waals surface area contributed by atoms with Crippen molar-refractivity contribution in [1.82, 2.24) is 0 Å². The van der Waals surface area contributed by atoms with E-state index < -0.39 is 5.60 Å². The molecule has 0 aromatic carbocycles. The Labute approximate surface area is 93.3 Å². The number of thiophene rings is 1. The Morgan fingerprint density at radius 1 is 1.53 bits per heavy atom. The molecule has 0 radical (unpaired) electrons. The number of nitriles is 1. The molecule has 0 unspecified atom stereocenters. The summed E-state index contributed by atoms with van der Waals surface area (Å²) in [5, 5.41) is 8.49. The largest absolute Gasteiger partial charge is 0.456 e. The molecule has 3 nitrogen and oxygen atoms in total. The highest BCUT2D eigenvalue weighted by molar-refractivity contribution is 7.13. The van der Waals surface area contributed by atoms with Crippen LogP contribution in [0.15, 0.2) is 12.1 Å². The van der Waals surface area contributed by atoms with Crippen molar-refractivity contribution in [2.24, 2.45) is 0 Å². The molecule has 1 aromatic rings. The Morgan fingerprint density at radius 3 is 2.73 bits per heavy atom. The van der Waals surface area contributed by atoms with E-state index in [2.05, 4.69) is 0 Å². The zero-order valence-corrected chi connectivity index (χ0v) is 9.85. The normalized spacial score (nSPS) is 10.8. The molecule has 0 bridgehead atoms. The van der Waals surface area contributed by atoms with Crippen molar-refractivity contribution >= 4 is 17.3 Å². The monoisotopic (exact) mass is 223 g/mol. The third-order valence-electron chi connectivity index (χ3n) is 1.52. The molecule has 1 aromatic heterocycles. The third kappa shape index (κ3) is 3.72. The van der Waals surface area contributed by atoms with Gasteiger partial charge in [-0.15, -0.1) is 11.3 Å². The van der Waals surface area contributed by atoms with Gasteiger partial charge >= 0.3 is 5.97 Å². The Hall–Kier alpha value is -1.34. The molecule has 0 fully saturated rings. The minimum absolute atomic E-state index is 0.323. The molecule has 0 saturated carbocycles. The Morgan fingerprint density at radius 2 is 2.20 bits per heavy atom. The van der Waals surface area contributed by atoms with Gasteiger partial charge in [-0.05, 0) is 32.9 Å². The lowest BCUT2D eigenvalue weighted by Crippen LogP contribution is -2.23. The minimum atomic E-state index is -0.476. The molecular formula is C11H13NO2S. The maximum Gasteiger partial charge on any atom is 0.348 e. The first-order valence-corrected chi connectivity index (χ1v) is 5.43. The summed E-state index contributed by atoms with van der Waals surface area (Å²) in [5.41, 5.74) is -0.476. The number of carbonyl (C=O) groups excluding carboxylic acids is 1. The van der Waals surface area contributed by atoms with Crippen molar-refractivity contribution in [3.8, 4) is 6.07 Å². The van der Waals surface area contributed by atoms with E-state index in [0.717, 1.165) is 4.88 Å². The van der Waals surface area contributed by atoms with Gasteiger partial charge in [0.2, 0.25) is 0 Å². The van der Waals surface area contributed by atoms with Crippen LogP contribution in [0.5, 0.6) is 0 Å². The van der Waals surface area contributed by atoms with Gasteiger partial charge in [0.25, 0.3) is 0 Å². The predicted molar refractivity (Wildman–Crippen MR) is 58.8 cm³/mol. The molecule has 80 valence electrons. The SMILES string of the molecule is CC(C)(C)OC(=O)c1ccc(CC#N)s1. The summed E-state index contributed by atoms with van der Waals surface area (Å²) in [7, 11) is 0. The number of hydrogen-bond donors (Lipinski definition) is 0. The van der Waals surface area contributed by atoms with E-state index in [1.807, 2.05) is 26.8 Å². The van der Waals surface area contributed by atoms with Crippen molar-refractivity contribution in [3.05, 3.63) is 21.9 Å². The molecule has 0 atom stereocenters. The summed E-state index contributed by atoms with van der Waals surface area (Å²) in [5.74, 6) is -0.323. The Kier molecular flexibility index (Phi) is 3.48. The first-order valence-electron chi connectivity index (χ1n) is 4.61. The molecule has 0 saturated heterocycles. The van der Waals surface area contributed by atoms with Crippen molar-refractivity contribution in [2.75, 3.05) is 0 Å². The summed E-state index contributed by atoms with van der Waals surface area (Å²) >= 11 is 1.31. The second-order valence-electron chi connectivity index (χ2n) is 4.10. The van der Waals surface area contributed by atoms with E-state index in [1.54, 1.807) is 12.1 Å². The number of ether oxygens (including phenoxy) is 1. The fourth-order valence-corrected chi connectivity index (χ4v) is 1.81. The van der Waals surface area contributed by atoms with Gasteiger partial charge in [-0.2, -0.15) is 5.26 Å². The number of rotatable bonds is 2. The van der Waals surface area contributed by atoms with E-state index in [0.29, 0.717) is 11.3 Å². The van der Waals surface area contributed by atoms with Gasteiger partial charge < -0.3 is 4.74 Å². The van der Waals surface area contributed by atoms with Crippen LogP contribution in [-0.2, 0) is 11.2 Å². The first-order chi connectivity index (χ1) is 6.92. The van der Waals surface area contributed by atoms with Crippen LogP contribution < -0.4 is 0 Å². The number of nitrogens with zero attached hydrogens (tertiary/aromatic N) is 1. The maximum absolute atomic E-state index is 11.6. The topological polar surface area (TPSA) is 50.1 Å². The maximum atomic E-state index is 11.6. The van der Waals surface area contributed by atoms with Crippen LogP contribution in [0.2, 0.25) is 0 Å². The standard InChI is InChI=1S/C11H13NO2S/c1-11(2,3)14-10(13)9-5-4-8(15-9)6-7-12/h4-5H,6H2,1-3H3. The average molecular weight is 223 g/mol. The second-order valence-corrected chi connectivity index (χ2v) is 5.27. The zero-order chi connectivity index (χ0) is 11.5. The molecule has 1 heterocycles. The molecule has 0 spiro atoms. The number of esters is 1. The molecule has 0 amide bonds. The van der Waals surface area contributed by atoms with Crippen LogP contribution in [0.4, 0.5) is 0 Å². The zero-order valence-electron chi connectivity index (χ0n) is 9.03. The lowest BCUT2D eigenvalue weighted by atomic mass is 10.2. The van der Waals surface area contributed by atoms with E-state index in [-0.39, 0.29) is 5.97 Å². The summed E-state index contributed by atoms with van der Waals surface area (Å²) in [6.07, 6.45) is 0.341. The summed E-state index contributed by atoms with van der Waals surface area (Å²) in [6, 6.07) is 5.53. The van der Waals surface area contributed by atoms with Crippen LogP contribution >= 0.6 is 11.3 Å². The van der Waals surface area contributed by atoms with Gasteiger partial charge in [-0.25, -0.2) is 4.79 Å². The van der Waals surface area contributed by atoms with Gasteiger partial charge in [0.1, 0.15) is 10.5 Å². The van der Waals surface area contributed by atoms with Crippen molar-refractivity contribution in [2.45, 2.75) is 32.8 Å². The van der Waals surface area contributed by atoms with Crippen molar-refractivity contribution < 1.29 is 9.53 Å². The molecule has 0 aliphatic carbocycles. The lowest BCUT2D eigenvalue weighted by Gasteiger charge is -2.18. The highest BCUT2D eigenvalue weighted by Crippen LogP contribution is 2.20. The van der Waals surface area contributed by atoms with E-state index in [9.17, 15) is 4.79 Å². The van der Waals surface area contributed by atoms with Gasteiger partial charge in [0, 0.05) is 4.88 Å². The van der Waals surface area contributed by atoms with Crippen molar-refractivity contribution in [1.29, 1.82) is 5.26 Å².